The van der Waals surface area contributed by atoms with Crippen LogP contribution in [0.3, 0.4) is 0 Å². The van der Waals surface area contributed by atoms with Crippen LogP contribution in [0.25, 0.3) is 0 Å². The van der Waals surface area contributed by atoms with Crippen LogP contribution < -0.4 is 11.1 Å². The van der Waals surface area contributed by atoms with E-state index in [-0.39, 0.29) is 0 Å². The van der Waals surface area contributed by atoms with Crippen molar-refractivity contribution in [2.45, 2.75) is 19.5 Å². The van der Waals surface area contributed by atoms with Gasteiger partial charge in [-0.2, -0.15) is 0 Å². The van der Waals surface area contributed by atoms with Crippen LogP contribution in [-0.4, -0.2) is 16.1 Å². The molecule has 0 saturated heterocycles. The van der Waals surface area contributed by atoms with Crippen molar-refractivity contribution in [1.29, 1.82) is 0 Å². The molecule has 2 aromatic rings. The Balaban J connectivity index is 1.65. The van der Waals surface area contributed by atoms with E-state index in [1.165, 1.54) is 0 Å². The van der Waals surface area contributed by atoms with Gasteiger partial charge in [-0.1, -0.05) is 18.2 Å². The smallest absolute Gasteiger partial charge is 0.0945 e. The minimum atomic E-state index is 0.830. The molecular weight excluding hydrogens is 212 g/mol. The Bertz CT molecular complexity index is 436. The van der Waals surface area contributed by atoms with Crippen LogP contribution in [0, 0.1) is 0 Å². The first kappa shape index (κ1) is 11.7. The van der Waals surface area contributed by atoms with Gasteiger partial charge in [0.2, 0.25) is 0 Å². The molecule has 2 rings (SSSR count). The molecule has 1 aromatic heterocycles. The maximum Gasteiger partial charge on any atom is 0.0945 e. The summed E-state index contributed by atoms with van der Waals surface area (Å²) in [6.45, 7) is 2.81. The standard InChI is InChI=1S/C13H18N4/c14-13-5-2-1-4-12(13)10-15-6-3-8-17-9-7-16-11-17/h1-2,4-5,7,9,11,15H,3,6,8,10,14H2. The summed E-state index contributed by atoms with van der Waals surface area (Å²) < 4.78 is 2.08. The molecule has 1 heterocycles. The fraction of sp³-hybridized carbons (Fsp3) is 0.308. The number of nitrogens with two attached hydrogens (primary N) is 1. The highest BCUT2D eigenvalue weighted by molar-refractivity contribution is 5.46. The van der Waals surface area contributed by atoms with E-state index in [1.807, 2.05) is 30.7 Å². The summed E-state index contributed by atoms with van der Waals surface area (Å²) in [4.78, 5) is 4.01. The quantitative estimate of drug-likeness (QED) is 0.586. The molecule has 0 aliphatic heterocycles. The number of nitrogens with zero attached hydrogens (tertiary/aromatic N) is 2. The fourth-order valence-electron chi connectivity index (χ4n) is 1.72. The summed E-state index contributed by atoms with van der Waals surface area (Å²) in [6.07, 6.45) is 6.71. The molecule has 4 heteroatoms. The Morgan fingerprint density at radius 2 is 2.18 bits per heavy atom. The molecule has 1 aromatic carbocycles. The lowest BCUT2D eigenvalue weighted by Gasteiger charge is -2.07. The largest absolute Gasteiger partial charge is 0.398 e. The highest BCUT2D eigenvalue weighted by Gasteiger charge is 1.96. The third kappa shape index (κ3) is 3.60. The fourth-order valence-corrected chi connectivity index (χ4v) is 1.72. The van der Waals surface area contributed by atoms with E-state index in [2.05, 4.69) is 20.9 Å². The van der Waals surface area contributed by atoms with E-state index in [4.69, 9.17) is 5.73 Å². The minimum absolute atomic E-state index is 0.830. The molecule has 90 valence electrons. The zero-order valence-electron chi connectivity index (χ0n) is 9.84. The normalized spacial score (nSPS) is 10.6. The Hall–Kier alpha value is -1.81. The Labute approximate surface area is 101 Å². The molecule has 0 aliphatic carbocycles. The van der Waals surface area contributed by atoms with Crippen molar-refractivity contribution in [1.82, 2.24) is 14.9 Å². The van der Waals surface area contributed by atoms with Crippen molar-refractivity contribution in [3.05, 3.63) is 48.5 Å². The third-order valence-corrected chi connectivity index (χ3v) is 2.70. The first-order valence-electron chi connectivity index (χ1n) is 5.86. The van der Waals surface area contributed by atoms with Gasteiger partial charge in [-0.05, 0) is 24.6 Å². The van der Waals surface area contributed by atoms with Crippen LogP contribution in [0.4, 0.5) is 5.69 Å². The molecule has 0 fully saturated rings. The molecule has 0 unspecified atom stereocenters. The molecule has 0 spiro atoms. The van der Waals surface area contributed by atoms with Gasteiger partial charge in [0.1, 0.15) is 0 Å². The van der Waals surface area contributed by atoms with E-state index in [0.717, 1.165) is 37.3 Å². The number of para-hydroxylation sites is 1. The molecule has 0 atom stereocenters. The number of hydrogen-bond donors (Lipinski definition) is 2. The number of aromatic nitrogens is 2. The van der Waals surface area contributed by atoms with Crippen LogP contribution in [0.2, 0.25) is 0 Å². The second kappa shape index (κ2) is 6.06. The lowest BCUT2D eigenvalue weighted by Crippen LogP contribution is -2.17. The average molecular weight is 230 g/mol. The molecule has 3 N–H and O–H groups in total. The van der Waals surface area contributed by atoms with Gasteiger partial charge in [0.25, 0.3) is 0 Å². The number of nitrogens with one attached hydrogen (secondary N) is 1. The van der Waals surface area contributed by atoms with Crippen LogP contribution in [-0.2, 0) is 13.1 Å². The summed E-state index contributed by atoms with van der Waals surface area (Å²) in [7, 11) is 0. The first-order valence-corrected chi connectivity index (χ1v) is 5.86. The van der Waals surface area contributed by atoms with E-state index in [9.17, 15) is 0 Å². The van der Waals surface area contributed by atoms with E-state index >= 15 is 0 Å². The van der Waals surface area contributed by atoms with Gasteiger partial charge in [-0.3, -0.25) is 0 Å². The van der Waals surface area contributed by atoms with Crippen molar-refractivity contribution in [3.8, 4) is 0 Å². The summed E-state index contributed by atoms with van der Waals surface area (Å²) >= 11 is 0. The topological polar surface area (TPSA) is 55.9 Å². The number of rotatable bonds is 6. The highest BCUT2D eigenvalue weighted by Crippen LogP contribution is 2.09. The van der Waals surface area contributed by atoms with Crippen molar-refractivity contribution < 1.29 is 0 Å². The number of imidazole rings is 1. The Kier molecular flexibility index (Phi) is 4.16. The zero-order chi connectivity index (χ0) is 11.9. The molecule has 0 saturated carbocycles. The van der Waals surface area contributed by atoms with Crippen LogP contribution in [0.5, 0.6) is 0 Å². The van der Waals surface area contributed by atoms with Crippen molar-refractivity contribution >= 4 is 5.69 Å². The van der Waals surface area contributed by atoms with Crippen LogP contribution in [0.15, 0.2) is 43.0 Å². The molecule has 4 nitrogen and oxygen atoms in total. The van der Waals surface area contributed by atoms with Gasteiger partial charge in [0.15, 0.2) is 0 Å². The molecule has 0 aliphatic rings. The third-order valence-electron chi connectivity index (χ3n) is 2.70. The summed E-state index contributed by atoms with van der Waals surface area (Å²) in [6, 6.07) is 7.96. The van der Waals surface area contributed by atoms with Gasteiger partial charge in [0, 0.05) is 31.2 Å². The second-order valence-electron chi connectivity index (χ2n) is 4.03. The Morgan fingerprint density at radius 3 is 2.94 bits per heavy atom. The van der Waals surface area contributed by atoms with Crippen LogP contribution >= 0.6 is 0 Å². The first-order chi connectivity index (χ1) is 8.36. The van der Waals surface area contributed by atoms with Crippen molar-refractivity contribution in [3.63, 3.8) is 0 Å². The van der Waals surface area contributed by atoms with E-state index in [1.54, 1.807) is 6.20 Å². The molecule has 0 bridgehead atoms. The van der Waals surface area contributed by atoms with Gasteiger partial charge in [0.05, 0.1) is 6.33 Å². The Morgan fingerprint density at radius 1 is 1.29 bits per heavy atom. The maximum atomic E-state index is 5.86. The summed E-state index contributed by atoms with van der Waals surface area (Å²) in [5.41, 5.74) is 7.88. The number of nitrogen functional groups attached to an aromatic ring is 1. The van der Waals surface area contributed by atoms with Gasteiger partial charge in [-0.15, -0.1) is 0 Å². The predicted molar refractivity (Wildman–Crippen MR) is 69.4 cm³/mol. The number of aryl methyl sites for hydroxylation is 1. The highest BCUT2D eigenvalue weighted by atomic mass is 15.0. The molecule has 0 radical (unpaired) electrons. The van der Waals surface area contributed by atoms with Gasteiger partial charge < -0.3 is 15.6 Å². The monoisotopic (exact) mass is 230 g/mol. The molecule has 0 amide bonds. The number of anilines is 1. The van der Waals surface area contributed by atoms with Crippen molar-refractivity contribution in [2.75, 3.05) is 12.3 Å². The zero-order valence-corrected chi connectivity index (χ0v) is 9.84. The maximum absolute atomic E-state index is 5.86. The second-order valence-corrected chi connectivity index (χ2v) is 4.03. The average Bonchev–Trinajstić information content (AvgIpc) is 2.84. The van der Waals surface area contributed by atoms with Gasteiger partial charge >= 0.3 is 0 Å². The number of hydrogen-bond acceptors (Lipinski definition) is 3. The SMILES string of the molecule is Nc1ccccc1CNCCCn1ccnc1. The van der Waals surface area contributed by atoms with Gasteiger partial charge in [-0.25, -0.2) is 4.98 Å². The lowest BCUT2D eigenvalue weighted by atomic mass is 10.2. The molecule has 17 heavy (non-hydrogen) atoms. The van der Waals surface area contributed by atoms with Crippen molar-refractivity contribution in [2.24, 2.45) is 0 Å². The summed E-state index contributed by atoms with van der Waals surface area (Å²) in [5.74, 6) is 0. The summed E-state index contributed by atoms with van der Waals surface area (Å²) in [5, 5.41) is 3.39. The van der Waals surface area contributed by atoms with E-state index in [0.29, 0.717) is 0 Å². The minimum Gasteiger partial charge on any atom is -0.398 e. The molecular formula is C13H18N4. The number of benzene rings is 1. The predicted octanol–water partition coefficient (Wildman–Crippen LogP) is 1.65. The van der Waals surface area contributed by atoms with E-state index < -0.39 is 0 Å². The van der Waals surface area contributed by atoms with Crippen LogP contribution in [0.1, 0.15) is 12.0 Å². The lowest BCUT2D eigenvalue weighted by molar-refractivity contribution is 0.581.